The van der Waals surface area contributed by atoms with Gasteiger partial charge in [0.2, 0.25) is 0 Å². The van der Waals surface area contributed by atoms with Crippen LogP contribution in [0.3, 0.4) is 0 Å². The topological polar surface area (TPSA) is 61.7 Å². The highest BCUT2D eigenvalue weighted by Crippen LogP contribution is 2.16. The fourth-order valence-corrected chi connectivity index (χ4v) is 1.37. The van der Waals surface area contributed by atoms with Gasteiger partial charge in [0.15, 0.2) is 0 Å². The van der Waals surface area contributed by atoms with E-state index in [1.165, 1.54) is 0 Å². The number of alkyl halides is 1. The van der Waals surface area contributed by atoms with Crippen LogP contribution in [0.2, 0.25) is 0 Å². The van der Waals surface area contributed by atoms with E-state index in [4.69, 9.17) is 16.8 Å². The van der Waals surface area contributed by atoms with E-state index >= 15 is 0 Å². The average molecular weight is 253 g/mol. The number of nitrogens with zero attached hydrogens (tertiary/aromatic N) is 1. The standard InChI is InChI=1S/C12H13ClN2O2/c13-8-4-3-6-10-5-1-2-7-11(10)15-12(16)9-14-17/h1-3,5-7,9,17H,4,8H2,(H,15,16). The second-order valence-corrected chi connectivity index (χ2v) is 3.58. The molecule has 0 spiro atoms. The lowest BCUT2D eigenvalue weighted by molar-refractivity contribution is -0.110. The van der Waals surface area contributed by atoms with E-state index in [-0.39, 0.29) is 0 Å². The van der Waals surface area contributed by atoms with Crippen LogP contribution in [0.15, 0.2) is 35.5 Å². The van der Waals surface area contributed by atoms with E-state index in [0.717, 1.165) is 18.2 Å². The molecule has 1 amide bonds. The number of carbonyl (C=O) groups is 1. The van der Waals surface area contributed by atoms with E-state index in [0.29, 0.717) is 11.6 Å². The molecule has 0 fully saturated rings. The van der Waals surface area contributed by atoms with E-state index in [1.54, 1.807) is 6.07 Å². The van der Waals surface area contributed by atoms with Gasteiger partial charge in [0.25, 0.3) is 5.91 Å². The molecular weight excluding hydrogens is 240 g/mol. The van der Waals surface area contributed by atoms with Crippen LogP contribution in [0.25, 0.3) is 6.08 Å². The Kier molecular flexibility index (Phi) is 5.82. The largest absolute Gasteiger partial charge is 0.411 e. The van der Waals surface area contributed by atoms with Crippen LogP contribution in [0.4, 0.5) is 5.69 Å². The summed E-state index contributed by atoms with van der Waals surface area (Å²) in [7, 11) is 0. The molecule has 0 atom stereocenters. The first-order valence-electron chi connectivity index (χ1n) is 5.08. The number of hydrogen-bond donors (Lipinski definition) is 2. The third-order valence-electron chi connectivity index (χ3n) is 1.97. The molecule has 4 nitrogen and oxygen atoms in total. The molecule has 0 bridgehead atoms. The maximum Gasteiger partial charge on any atom is 0.270 e. The summed E-state index contributed by atoms with van der Waals surface area (Å²) in [6.45, 7) is 0. The first kappa shape index (κ1) is 13.3. The summed E-state index contributed by atoms with van der Waals surface area (Å²) in [5.74, 6) is 0.0769. The molecule has 0 aliphatic carbocycles. The fraction of sp³-hybridized carbons (Fsp3) is 0.167. The number of halogens is 1. The number of amides is 1. The molecule has 1 aromatic carbocycles. The molecule has 0 aromatic heterocycles. The highest BCUT2D eigenvalue weighted by Gasteiger charge is 2.01. The van der Waals surface area contributed by atoms with Crippen LogP contribution in [0.1, 0.15) is 12.0 Å². The number of rotatable bonds is 5. The lowest BCUT2D eigenvalue weighted by atomic mass is 10.1. The van der Waals surface area contributed by atoms with Crippen LogP contribution >= 0.6 is 11.6 Å². The number of allylic oxidation sites excluding steroid dienone is 1. The summed E-state index contributed by atoms with van der Waals surface area (Å²) in [6, 6.07) is 7.32. The Morgan fingerprint density at radius 3 is 2.94 bits per heavy atom. The lowest BCUT2D eigenvalue weighted by Crippen LogP contribution is -2.13. The number of hydrogen-bond acceptors (Lipinski definition) is 3. The average Bonchev–Trinajstić information content (AvgIpc) is 2.32. The summed E-state index contributed by atoms with van der Waals surface area (Å²) in [4.78, 5) is 11.2. The first-order chi connectivity index (χ1) is 8.27. The first-order valence-corrected chi connectivity index (χ1v) is 5.61. The normalized spacial score (nSPS) is 11.1. The molecular formula is C12H13ClN2O2. The molecule has 0 heterocycles. The monoisotopic (exact) mass is 252 g/mol. The number of benzene rings is 1. The van der Waals surface area contributed by atoms with Crippen molar-refractivity contribution in [3.63, 3.8) is 0 Å². The minimum absolute atomic E-state index is 0.481. The van der Waals surface area contributed by atoms with E-state index in [9.17, 15) is 4.79 Å². The molecule has 0 aliphatic heterocycles. The molecule has 1 aromatic rings. The second kappa shape index (κ2) is 7.46. The molecule has 1 rings (SSSR count). The Morgan fingerprint density at radius 1 is 1.47 bits per heavy atom. The Balaban J connectivity index is 2.80. The van der Waals surface area contributed by atoms with E-state index in [1.807, 2.05) is 30.4 Å². The molecule has 5 heteroatoms. The second-order valence-electron chi connectivity index (χ2n) is 3.20. The summed E-state index contributed by atoms with van der Waals surface area (Å²) in [5, 5.41) is 13.5. The van der Waals surface area contributed by atoms with Crippen molar-refractivity contribution >= 4 is 35.5 Å². The highest BCUT2D eigenvalue weighted by atomic mass is 35.5. The summed E-state index contributed by atoms with van der Waals surface area (Å²) >= 11 is 5.57. The van der Waals surface area contributed by atoms with Crippen LogP contribution in [-0.4, -0.2) is 23.2 Å². The zero-order chi connectivity index (χ0) is 12.5. The molecule has 0 saturated heterocycles. The van der Waals surface area contributed by atoms with Gasteiger partial charge in [0.05, 0.1) is 0 Å². The van der Waals surface area contributed by atoms with E-state index < -0.39 is 5.91 Å². The molecule has 0 unspecified atom stereocenters. The van der Waals surface area contributed by atoms with Gasteiger partial charge in [-0.25, -0.2) is 0 Å². The third kappa shape index (κ3) is 4.70. The van der Waals surface area contributed by atoms with Crippen molar-refractivity contribution < 1.29 is 10.0 Å². The van der Waals surface area contributed by atoms with Gasteiger partial charge < -0.3 is 10.5 Å². The van der Waals surface area contributed by atoms with Crippen molar-refractivity contribution in [2.24, 2.45) is 5.16 Å². The van der Waals surface area contributed by atoms with Gasteiger partial charge in [0.1, 0.15) is 6.21 Å². The number of oxime groups is 1. The van der Waals surface area contributed by atoms with Crippen molar-refractivity contribution in [3.8, 4) is 0 Å². The van der Waals surface area contributed by atoms with Crippen LogP contribution in [-0.2, 0) is 4.79 Å². The van der Waals surface area contributed by atoms with Crippen LogP contribution in [0, 0.1) is 0 Å². The van der Waals surface area contributed by atoms with Gasteiger partial charge in [-0.3, -0.25) is 4.79 Å². The fourth-order valence-electron chi connectivity index (χ4n) is 1.25. The third-order valence-corrected chi connectivity index (χ3v) is 2.19. The van der Waals surface area contributed by atoms with Crippen molar-refractivity contribution in [1.82, 2.24) is 0 Å². The Labute approximate surface area is 105 Å². The molecule has 2 N–H and O–H groups in total. The van der Waals surface area contributed by atoms with Crippen LogP contribution in [0.5, 0.6) is 0 Å². The molecule has 0 saturated carbocycles. The molecule has 90 valence electrons. The highest BCUT2D eigenvalue weighted by molar-refractivity contribution is 6.31. The summed E-state index contributed by atoms with van der Waals surface area (Å²) in [6.07, 6.45) is 5.38. The minimum Gasteiger partial charge on any atom is -0.411 e. The number of nitrogens with one attached hydrogen (secondary N) is 1. The lowest BCUT2D eigenvalue weighted by Gasteiger charge is -2.05. The van der Waals surface area contributed by atoms with Gasteiger partial charge in [0, 0.05) is 11.6 Å². The minimum atomic E-state index is -0.481. The maximum absolute atomic E-state index is 11.2. The van der Waals surface area contributed by atoms with Gasteiger partial charge in [-0.15, -0.1) is 11.6 Å². The predicted molar refractivity (Wildman–Crippen MR) is 69.7 cm³/mol. The molecule has 17 heavy (non-hydrogen) atoms. The van der Waals surface area contributed by atoms with Gasteiger partial charge in [-0.05, 0) is 18.1 Å². The Hall–Kier alpha value is -1.81. The Bertz CT molecular complexity index is 430. The van der Waals surface area contributed by atoms with Crippen molar-refractivity contribution in [3.05, 3.63) is 35.9 Å². The predicted octanol–water partition coefficient (Wildman–Crippen LogP) is 2.73. The zero-order valence-corrected chi connectivity index (χ0v) is 9.89. The quantitative estimate of drug-likeness (QED) is 0.366. The number of carbonyl (C=O) groups excluding carboxylic acids is 1. The van der Waals surface area contributed by atoms with Crippen LogP contribution < -0.4 is 5.32 Å². The maximum atomic E-state index is 11.2. The Morgan fingerprint density at radius 2 is 2.24 bits per heavy atom. The summed E-state index contributed by atoms with van der Waals surface area (Å²) in [5.41, 5.74) is 1.53. The van der Waals surface area contributed by atoms with Gasteiger partial charge >= 0.3 is 0 Å². The van der Waals surface area contributed by atoms with Crippen molar-refractivity contribution in [2.75, 3.05) is 11.2 Å². The van der Waals surface area contributed by atoms with Crippen molar-refractivity contribution in [2.45, 2.75) is 6.42 Å². The van der Waals surface area contributed by atoms with Crippen molar-refractivity contribution in [1.29, 1.82) is 0 Å². The van der Waals surface area contributed by atoms with Gasteiger partial charge in [-0.1, -0.05) is 35.5 Å². The zero-order valence-electron chi connectivity index (χ0n) is 9.14. The molecule has 0 radical (unpaired) electrons. The summed E-state index contributed by atoms with van der Waals surface area (Å²) < 4.78 is 0. The molecule has 0 aliphatic rings. The SMILES string of the molecule is O=C(C=NO)Nc1ccccc1C=CCCCl. The smallest absolute Gasteiger partial charge is 0.270 e. The number of para-hydroxylation sites is 1. The van der Waals surface area contributed by atoms with E-state index in [2.05, 4.69) is 10.5 Å². The number of anilines is 1. The van der Waals surface area contributed by atoms with Gasteiger partial charge in [-0.2, -0.15) is 0 Å².